The van der Waals surface area contributed by atoms with Crippen molar-refractivity contribution in [1.29, 1.82) is 0 Å². The van der Waals surface area contributed by atoms with Crippen LogP contribution in [0.25, 0.3) is 83.7 Å². The Hall–Kier alpha value is -6.46. The summed E-state index contributed by atoms with van der Waals surface area (Å²) < 4.78 is 9.12. The average Bonchev–Trinajstić information content (AvgIpc) is 3.90. The zero-order valence-electron chi connectivity index (χ0n) is 40.2. The van der Waals surface area contributed by atoms with Crippen molar-refractivity contribution in [2.75, 3.05) is 0 Å². The first-order chi connectivity index (χ1) is 31.7. The van der Waals surface area contributed by atoms with Crippen LogP contribution >= 0.6 is 0 Å². The minimum absolute atomic E-state index is 0. The summed E-state index contributed by atoms with van der Waals surface area (Å²) >= 11 is 0. The van der Waals surface area contributed by atoms with Crippen LogP contribution in [0, 0.1) is 12.1 Å². The minimum Gasteiger partial charge on any atom is -0.499 e. The van der Waals surface area contributed by atoms with E-state index in [4.69, 9.17) is 14.4 Å². The maximum atomic E-state index is 6.76. The van der Waals surface area contributed by atoms with Crippen LogP contribution < -0.4 is 0 Å². The summed E-state index contributed by atoms with van der Waals surface area (Å²) in [6, 6.07) is 57.6. The summed E-state index contributed by atoms with van der Waals surface area (Å²) in [7, 11) is 0. The standard InChI is InChI=1S/C50H50N3O.C11H8N.Ir/c1-30(2)39-25-33(32-17-12-11-13-18-32)26-40(31(3)4)46(39)53-44-22-15-14-21-42(44)52-48(53)38-20-16-19-37-41-28-43(51-29-45(41)54-47(37)38)34-23-35(49(5,6)7)27-36(24-34)50(8,9)10;1-2-6-10(7-3-1)11-8-4-5-9-12-11;/h11-19,21-31H,1-10H3;1-6,8-9H;/q2*-1;. The van der Waals surface area contributed by atoms with Crippen molar-refractivity contribution < 1.29 is 24.5 Å². The summed E-state index contributed by atoms with van der Waals surface area (Å²) in [5.74, 6) is 1.35. The fraction of sp³-hybridized carbons (Fsp3) is 0.230. The maximum Gasteiger partial charge on any atom is 0.139 e. The molecule has 1 radical (unpaired) electrons. The summed E-state index contributed by atoms with van der Waals surface area (Å²) in [6.07, 6.45) is 3.67. The van der Waals surface area contributed by atoms with Crippen LogP contribution in [0.15, 0.2) is 162 Å². The van der Waals surface area contributed by atoms with E-state index in [-0.39, 0.29) is 42.8 Å². The first-order valence-corrected chi connectivity index (χ1v) is 23.1. The van der Waals surface area contributed by atoms with E-state index in [0.29, 0.717) is 0 Å². The Morgan fingerprint density at radius 3 is 1.85 bits per heavy atom. The quantitative estimate of drug-likeness (QED) is 0.149. The van der Waals surface area contributed by atoms with Gasteiger partial charge in [0.15, 0.2) is 0 Å². The molecular weight excluding hydrogens is 997 g/mol. The van der Waals surface area contributed by atoms with Crippen LogP contribution in [0.1, 0.15) is 103 Å². The molecule has 0 amide bonds. The van der Waals surface area contributed by atoms with E-state index < -0.39 is 0 Å². The molecule has 67 heavy (non-hydrogen) atoms. The van der Waals surface area contributed by atoms with Gasteiger partial charge in [-0.25, -0.2) is 0 Å². The van der Waals surface area contributed by atoms with E-state index in [0.717, 1.165) is 66.9 Å². The maximum absolute atomic E-state index is 6.76. The number of rotatable bonds is 7. The second-order valence-corrected chi connectivity index (χ2v) is 20.0. The van der Waals surface area contributed by atoms with Crippen LogP contribution in [0.5, 0.6) is 0 Å². The number of hydrogen-bond donors (Lipinski definition) is 0. The summed E-state index contributed by atoms with van der Waals surface area (Å²) in [5, 5.41) is 2.06. The fourth-order valence-electron chi connectivity index (χ4n) is 8.72. The predicted molar refractivity (Wildman–Crippen MR) is 275 cm³/mol. The molecule has 0 atom stereocenters. The number of aromatic nitrogens is 4. The SMILES string of the molecule is CC(C)c1cc(-c2ccccc2)cc(C(C)C)c1-n1c(-c2[c-]ccc3c2oc2cnc(-c4cc(C(C)(C)C)cc(C(C)(C)C)c4)cc23)nc2ccccc21.[Ir].[c-]1ccccc1-c1ccccn1. The second kappa shape index (κ2) is 19.0. The molecule has 0 fully saturated rings. The first kappa shape index (κ1) is 47.0. The normalized spacial score (nSPS) is 11.9. The largest absolute Gasteiger partial charge is 0.499 e. The molecule has 0 spiro atoms. The van der Waals surface area contributed by atoms with Gasteiger partial charge in [0.05, 0.1) is 34.3 Å². The van der Waals surface area contributed by atoms with Crippen molar-refractivity contribution in [3.8, 4) is 50.7 Å². The number of pyridine rings is 2. The molecular formula is C61H58IrN4O-2. The molecule has 4 heterocycles. The van der Waals surface area contributed by atoms with E-state index in [1.54, 1.807) is 6.20 Å². The van der Waals surface area contributed by atoms with Gasteiger partial charge in [0.25, 0.3) is 0 Å². The van der Waals surface area contributed by atoms with Crippen molar-refractivity contribution in [2.24, 2.45) is 0 Å². The predicted octanol–water partition coefficient (Wildman–Crippen LogP) is 16.5. The number of para-hydroxylation sites is 2. The summed E-state index contributed by atoms with van der Waals surface area (Å²) in [6.45, 7) is 22.8. The first-order valence-electron chi connectivity index (χ1n) is 23.1. The monoisotopic (exact) mass is 1060 g/mol. The molecule has 0 unspecified atom stereocenters. The average molecular weight is 1060 g/mol. The molecule has 5 nitrogen and oxygen atoms in total. The molecule has 4 aromatic heterocycles. The summed E-state index contributed by atoms with van der Waals surface area (Å²) in [4.78, 5) is 14.6. The van der Waals surface area contributed by atoms with Crippen molar-refractivity contribution in [3.63, 3.8) is 0 Å². The van der Waals surface area contributed by atoms with Gasteiger partial charge in [-0.2, -0.15) is 0 Å². The van der Waals surface area contributed by atoms with E-state index >= 15 is 0 Å². The Morgan fingerprint density at radius 2 is 1.22 bits per heavy atom. The van der Waals surface area contributed by atoms with Gasteiger partial charge in [-0.1, -0.05) is 141 Å². The molecule has 6 heteroatoms. The fourth-order valence-corrected chi connectivity index (χ4v) is 8.72. The molecule has 0 N–H and O–H groups in total. The van der Waals surface area contributed by atoms with Crippen LogP contribution in [0.4, 0.5) is 0 Å². The molecule has 0 aliphatic carbocycles. The number of furan rings is 1. The van der Waals surface area contributed by atoms with Crippen molar-refractivity contribution in [2.45, 2.75) is 91.9 Å². The van der Waals surface area contributed by atoms with E-state index in [2.05, 4.69) is 188 Å². The van der Waals surface area contributed by atoms with Crippen molar-refractivity contribution in [1.82, 2.24) is 19.5 Å². The number of imidazole rings is 1. The Balaban J connectivity index is 0.000000405. The Bertz CT molecular complexity index is 3220. The third-order valence-corrected chi connectivity index (χ3v) is 12.5. The van der Waals surface area contributed by atoms with Crippen LogP contribution in [0.2, 0.25) is 0 Å². The van der Waals surface area contributed by atoms with Gasteiger partial charge < -0.3 is 14.0 Å². The molecule has 0 bridgehead atoms. The van der Waals surface area contributed by atoms with Crippen LogP contribution in [0.3, 0.4) is 0 Å². The molecule has 6 aromatic carbocycles. The molecule has 0 saturated heterocycles. The third-order valence-electron chi connectivity index (χ3n) is 12.5. The van der Waals surface area contributed by atoms with Crippen LogP contribution in [-0.4, -0.2) is 19.5 Å². The number of benzene rings is 6. The molecule has 10 rings (SSSR count). The van der Waals surface area contributed by atoms with E-state index in [9.17, 15) is 0 Å². The third kappa shape index (κ3) is 9.57. The smallest absolute Gasteiger partial charge is 0.139 e. The van der Waals surface area contributed by atoms with Gasteiger partial charge >= 0.3 is 0 Å². The van der Waals surface area contributed by atoms with Crippen molar-refractivity contribution in [3.05, 3.63) is 192 Å². The van der Waals surface area contributed by atoms with E-state index in [1.807, 2.05) is 54.7 Å². The van der Waals surface area contributed by atoms with Crippen molar-refractivity contribution >= 4 is 33.0 Å². The zero-order valence-corrected chi connectivity index (χ0v) is 42.6. The Labute approximate surface area is 409 Å². The zero-order chi connectivity index (χ0) is 46.3. The molecule has 10 aromatic rings. The number of nitrogens with zero attached hydrogens (tertiary/aromatic N) is 4. The van der Waals surface area contributed by atoms with Crippen LogP contribution in [-0.2, 0) is 30.9 Å². The Morgan fingerprint density at radius 1 is 0.567 bits per heavy atom. The number of hydrogen-bond acceptors (Lipinski definition) is 4. The van der Waals surface area contributed by atoms with Gasteiger partial charge in [0, 0.05) is 42.9 Å². The Kier molecular flexibility index (Phi) is 13.4. The topological polar surface area (TPSA) is 56.7 Å². The van der Waals surface area contributed by atoms with E-state index in [1.165, 1.54) is 39.1 Å². The second-order valence-electron chi connectivity index (χ2n) is 20.0. The van der Waals surface area contributed by atoms with Gasteiger partial charge in [-0.3, -0.25) is 9.97 Å². The van der Waals surface area contributed by atoms with Gasteiger partial charge in [0.2, 0.25) is 0 Å². The number of fused-ring (bicyclic) bond motifs is 4. The summed E-state index contributed by atoms with van der Waals surface area (Å²) in [5.41, 5.74) is 17.2. The minimum atomic E-state index is 0. The molecule has 0 aliphatic heterocycles. The van der Waals surface area contributed by atoms with Gasteiger partial charge in [-0.05, 0) is 110 Å². The molecule has 0 saturated carbocycles. The van der Waals surface area contributed by atoms with Gasteiger partial charge in [-0.15, -0.1) is 54.1 Å². The molecule has 339 valence electrons. The molecule has 0 aliphatic rings. The van der Waals surface area contributed by atoms with Gasteiger partial charge in [0.1, 0.15) is 5.58 Å².